The first-order chi connectivity index (χ1) is 23.1. The number of benzene rings is 1. The Labute approximate surface area is 283 Å². The number of fused-ring (bicyclic) bond motifs is 2. The van der Waals surface area contributed by atoms with Crippen LogP contribution in [0.15, 0.2) is 54.6 Å². The number of methoxy groups -OCH3 is 1. The predicted octanol–water partition coefficient (Wildman–Crippen LogP) is 3.33. The van der Waals surface area contributed by atoms with Gasteiger partial charge in [0, 0.05) is 26.1 Å². The highest BCUT2D eigenvalue weighted by Gasteiger charge is 2.74. The first-order valence-corrected chi connectivity index (χ1v) is 17.4. The van der Waals surface area contributed by atoms with Gasteiger partial charge in [0.1, 0.15) is 23.7 Å². The molecule has 11 nitrogen and oxygen atoms in total. The van der Waals surface area contributed by atoms with Crippen LogP contribution in [-0.2, 0) is 33.4 Å². The van der Waals surface area contributed by atoms with Crippen molar-refractivity contribution in [2.45, 2.75) is 102 Å². The fraction of sp³-hybridized carbons (Fsp3) is 0.622. The Morgan fingerprint density at radius 1 is 1.08 bits per heavy atom. The van der Waals surface area contributed by atoms with Crippen molar-refractivity contribution in [2.24, 2.45) is 17.8 Å². The van der Waals surface area contributed by atoms with Crippen molar-refractivity contribution in [1.29, 1.82) is 0 Å². The number of nitrogens with one attached hydrogen (secondary N) is 1. The molecular formula is C37H51N3O8. The Kier molecular flexibility index (Phi) is 11.4. The van der Waals surface area contributed by atoms with E-state index in [-0.39, 0.29) is 50.0 Å². The number of nitrogens with zero attached hydrogens (tertiary/aromatic N) is 2. The number of carbonyl (C=O) groups is 4. The maximum atomic E-state index is 14.9. The number of aliphatic hydroxyl groups is 1. The van der Waals surface area contributed by atoms with Crippen LogP contribution in [0.5, 0.6) is 0 Å². The predicted molar refractivity (Wildman–Crippen MR) is 178 cm³/mol. The van der Waals surface area contributed by atoms with Crippen LogP contribution in [-0.4, -0.2) is 101 Å². The number of hydrogen-bond acceptors (Lipinski definition) is 8. The van der Waals surface area contributed by atoms with Crippen LogP contribution in [0.1, 0.15) is 71.5 Å². The third-order valence-electron chi connectivity index (χ3n) is 10.6. The smallest absolute Gasteiger partial charge is 0.313 e. The lowest BCUT2D eigenvalue weighted by Gasteiger charge is -2.41. The number of hydrogen-bond donors (Lipinski definition) is 2. The fourth-order valence-corrected chi connectivity index (χ4v) is 7.96. The van der Waals surface area contributed by atoms with Crippen molar-refractivity contribution < 1.29 is 38.5 Å². The zero-order valence-corrected chi connectivity index (χ0v) is 28.7. The Morgan fingerprint density at radius 3 is 2.50 bits per heavy atom. The Hall–Kier alpha value is -3.54. The van der Waals surface area contributed by atoms with Gasteiger partial charge in [0.15, 0.2) is 0 Å². The van der Waals surface area contributed by atoms with Gasteiger partial charge in [-0.3, -0.25) is 19.2 Å². The minimum Gasteiger partial charge on any atom is -0.455 e. The van der Waals surface area contributed by atoms with Crippen molar-refractivity contribution in [3.8, 4) is 0 Å². The molecule has 5 rings (SSSR count). The van der Waals surface area contributed by atoms with Gasteiger partial charge in [0.05, 0.1) is 37.3 Å². The van der Waals surface area contributed by atoms with E-state index in [1.165, 1.54) is 12.0 Å². The largest absolute Gasteiger partial charge is 0.455 e. The van der Waals surface area contributed by atoms with Crippen LogP contribution in [0.3, 0.4) is 0 Å². The van der Waals surface area contributed by atoms with E-state index < -0.39 is 59.6 Å². The van der Waals surface area contributed by atoms with Crippen molar-refractivity contribution >= 4 is 23.7 Å². The molecular weight excluding hydrogens is 614 g/mol. The van der Waals surface area contributed by atoms with Gasteiger partial charge < -0.3 is 34.4 Å². The molecule has 0 aliphatic carbocycles. The first kappa shape index (κ1) is 35.8. The average molecular weight is 666 g/mol. The molecule has 5 bridgehead atoms. The van der Waals surface area contributed by atoms with Gasteiger partial charge in [-0.2, -0.15) is 0 Å². The SMILES string of the molecule is CCCC(C)N1C/C=C\CCC(=O)N[C@@H](COC)[C@H](c2ccccc2)OC(=O)[C@@H]2[C@H]3C(=O)N([C@@H](CO)[C@@H](C)CC)[C@H](C1=O)[C@]31C=C[C@H]2O1. The number of likely N-dealkylation sites (tertiary alicyclic amines) is 1. The van der Waals surface area contributed by atoms with Crippen molar-refractivity contribution in [3.05, 3.63) is 60.2 Å². The molecule has 1 spiro atoms. The summed E-state index contributed by atoms with van der Waals surface area (Å²) in [7, 11) is 1.52. The highest BCUT2D eigenvalue weighted by Crippen LogP contribution is 2.56. The van der Waals surface area contributed by atoms with Gasteiger partial charge >= 0.3 is 5.97 Å². The molecule has 0 aromatic heterocycles. The first-order valence-electron chi connectivity index (χ1n) is 17.4. The number of amides is 3. The topological polar surface area (TPSA) is 135 Å². The number of ether oxygens (including phenoxy) is 3. The normalized spacial score (nSPS) is 33.3. The third-order valence-corrected chi connectivity index (χ3v) is 10.6. The second-order valence-electron chi connectivity index (χ2n) is 13.6. The van der Waals surface area contributed by atoms with Crippen molar-refractivity contribution in [1.82, 2.24) is 15.1 Å². The number of cyclic esters (lactones) is 1. The number of allylic oxidation sites excluding steroid dienone is 1. The summed E-state index contributed by atoms with van der Waals surface area (Å²) in [4.78, 5) is 60.5. The molecule has 48 heavy (non-hydrogen) atoms. The van der Waals surface area contributed by atoms with Gasteiger partial charge in [-0.05, 0) is 31.2 Å². The molecule has 1 aromatic carbocycles. The molecule has 262 valence electrons. The maximum absolute atomic E-state index is 14.9. The Morgan fingerprint density at radius 2 is 1.83 bits per heavy atom. The van der Waals surface area contributed by atoms with Crippen LogP contribution in [0.2, 0.25) is 0 Å². The molecule has 4 aliphatic rings. The minimum absolute atomic E-state index is 0.0763. The van der Waals surface area contributed by atoms with Gasteiger partial charge in [-0.1, -0.05) is 88.2 Å². The lowest BCUT2D eigenvalue weighted by Crippen LogP contribution is -2.60. The lowest BCUT2D eigenvalue weighted by molar-refractivity contribution is -0.163. The number of rotatable bonds is 10. The second kappa shape index (κ2) is 15.3. The molecule has 0 radical (unpaired) electrons. The summed E-state index contributed by atoms with van der Waals surface area (Å²) in [6, 6.07) is 6.51. The molecule has 2 fully saturated rings. The van der Waals surface area contributed by atoms with Crippen molar-refractivity contribution in [3.63, 3.8) is 0 Å². The maximum Gasteiger partial charge on any atom is 0.313 e. The van der Waals surface area contributed by atoms with Gasteiger partial charge in [0.25, 0.3) is 0 Å². The van der Waals surface area contributed by atoms with Gasteiger partial charge in [-0.25, -0.2) is 0 Å². The van der Waals surface area contributed by atoms with Crippen LogP contribution in [0, 0.1) is 17.8 Å². The van der Waals surface area contributed by atoms with Crippen LogP contribution in [0.25, 0.3) is 0 Å². The fourth-order valence-electron chi connectivity index (χ4n) is 7.96. The zero-order chi connectivity index (χ0) is 34.6. The third kappa shape index (κ3) is 6.56. The molecule has 1 unspecified atom stereocenters. The van der Waals surface area contributed by atoms with E-state index in [1.54, 1.807) is 17.1 Å². The highest BCUT2D eigenvalue weighted by atomic mass is 16.6. The summed E-state index contributed by atoms with van der Waals surface area (Å²) in [6.07, 6.45) is 8.49. The number of carbonyl (C=O) groups excluding carboxylic acids is 4. The molecule has 10 atom stereocenters. The van der Waals surface area contributed by atoms with Gasteiger partial charge in [-0.15, -0.1) is 0 Å². The Bertz CT molecular complexity index is 1380. The lowest BCUT2D eigenvalue weighted by atomic mass is 9.74. The van der Waals surface area contributed by atoms with E-state index in [4.69, 9.17) is 14.2 Å². The zero-order valence-electron chi connectivity index (χ0n) is 28.7. The number of esters is 1. The standard InChI is InChI=1S/C37H51N3O8/c1-6-14-24(4)39-20-13-9-12-17-29(42)38-26(22-46-5)32(25-15-10-8-11-16-25)47-36(45)30-28-18-19-37(48-28)31(30)34(43)40(33(37)35(39)44)27(21-41)23(3)7-2/h8-11,13,15-16,18-19,23-24,26-28,30-33,41H,6-7,12,14,17,20-22H2,1-5H3,(H,38,42)/b13-9-/t23-,24?,26-,27-,28+,30-,31-,32-,33+,37-/m0/s1. The van der Waals surface area contributed by atoms with Crippen LogP contribution >= 0.6 is 0 Å². The summed E-state index contributed by atoms with van der Waals surface area (Å²) in [5.41, 5.74) is -0.751. The van der Waals surface area contributed by atoms with Crippen molar-refractivity contribution in [2.75, 3.05) is 26.9 Å². The van der Waals surface area contributed by atoms with Gasteiger partial charge in [0.2, 0.25) is 17.7 Å². The molecule has 4 aliphatic heterocycles. The van der Waals surface area contributed by atoms with E-state index in [2.05, 4.69) is 12.2 Å². The summed E-state index contributed by atoms with van der Waals surface area (Å²) in [5.74, 6) is -3.79. The molecule has 4 heterocycles. The molecule has 3 amide bonds. The summed E-state index contributed by atoms with van der Waals surface area (Å²) < 4.78 is 18.4. The van der Waals surface area contributed by atoms with Crippen LogP contribution in [0.4, 0.5) is 0 Å². The summed E-state index contributed by atoms with van der Waals surface area (Å²) in [6.45, 7) is 7.99. The molecule has 11 heteroatoms. The van der Waals surface area contributed by atoms with E-state index in [1.807, 2.05) is 63.3 Å². The van der Waals surface area contributed by atoms with E-state index in [0.717, 1.165) is 12.8 Å². The summed E-state index contributed by atoms with van der Waals surface area (Å²) in [5, 5.41) is 13.7. The molecule has 2 N–H and O–H groups in total. The van der Waals surface area contributed by atoms with E-state index in [9.17, 15) is 24.3 Å². The van der Waals surface area contributed by atoms with E-state index >= 15 is 0 Å². The highest BCUT2D eigenvalue weighted by molar-refractivity contribution is 5.99. The van der Waals surface area contributed by atoms with Crippen LogP contribution < -0.4 is 5.32 Å². The average Bonchev–Trinajstić information content (AvgIpc) is 3.72. The minimum atomic E-state index is -1.41. The molecule has 2 saturated heterocycles. The molecule has 0 saturated carbocycles. The Balaban J connectivity index is 1.64. The van der Waals surface area contributed by atoms with E-state index in [0.29, 0.717) is 18.4 Å². The summed E-state index contributed by atoms with van der Waals surface area (Å²) >= 11 is 0. The second-order valence-corrected chi connectivity index (χ2v) is 13.6. The number of aliphatic hydroxyl groups excluding tert-OH is 1. The monoisotopic (exact) mass is 665 g/mol. The quantitative estimate of drug-likeness (QED) is 0.287. The molecule has 1 aromatic rings.